The van der Waals surface area contributed by atoms with E-state index in [-0.39, 0.29) is 6.10 Å². The first kappa shape index (κ1) is 15.4. The van der Waals surface area contributed by atoms with Crippen LogP contribution in [-0.4, -0.2) is 34.8 Å². The fourth-order valence-corrected chi connectivity index (χ4v) is 3.35. The Morgan fingerprint density at radius 1 is 1.15 bits per heavy atom. The second-order valence-corrected chi connectivity index (χ2v) is 7.07. The summed E-state index contributed by atoms with van der Waals surface area (Å²) in [6, 6.07) is 12.2. The van der Waals surface area contributed by atoms with Crippen LogP contribution in [0.3, 0.4) is 0 Å². The molecule has 2 aliphatic rings. The van der Waals surface area contributed by atoms with Gasteiger partial charge in [-0.15, -0.1) is 0 Å². The van der Waals surface area contributed by atoms with Gasteiger partial charge in [-0.25, -0.2) is 4.98 Å². The summed E-state index contributed by atoms with van der Waals surface area (Å²) in [6.07, 6.45) is 5.20. The molecule has 2 aromatic heterocycles. The highest BCUT2D eigenvalue weighted by Crippen LogP contribution is 2.38. The maximum atomic E-state index is 6.02. The van der Waals surface area contributed by atoms with Crippen molar-refractivity contribution in [1.82, 2.24) is 15.1 Å². The SMILES string of the molecule is CN(CC1Cc2ccccc2O1)c1ccc(-c2nc(C3CC3)no2)cn1. The number of hydrogen-bond donors (Lipinski definition) is 0. The molecule has 5 rings (SSSR count). The minimum absolute atomic E-state index is 0.149. The van der Waals surface area contributed by atoms with Crippen molar-refractivity contribution in [2.24, 2.45) is 0 Å². The first-order valence-electron chi connectivity index (χ1n) is 9.02. The number of para-hydroxylation sites is 1. The molecule has 0 amide bonds. The number of hydrogen-bond acceptors (Lipinski definition) is 6. The normalized spacial score (nSPS) is 18.4. The number of aromatic nitrogens is 3. The average Bonchev–Trinajstić information content (AvgIpc) is 3.25. The van der Waals surface area contributed by atoms with Crippen molar-refractivity contribution in [1.29, 1.82) is 0 Å². The van der Waals surface area contributed by atoms with Crippen LogP contribution in [0.5, 0.6) is 5.75 Å². The van der Waals surface area contributed by atoms with Gasteiger partial charge in [0.2, 0.25) is 0 Å². The largest absolute Gasteiger partial charge is 0.488 e. The van der Waals surface area contributed by atoms with Crippen LogP contribution in [0.25, 0.3) is 11.5 Å². The average molecular weight is 348 g/mol. The highest BCUT2D eigenvalue weighted by Gasteiger charge is 2.29. The van der Waals surface area contributed by atoms with E-state index in [4.69, 9.17) is 9.26 Å². The summed E-state index contributed by atoms with van der Waals surface area (Å²) >= 11 is 0. The van der Waals surface area contributed by atoms with Crippen molar-refractivity contribution in [2.45, 2.75) is 31.3 Å². The number of benzene rings is 1. The fourth-order valence-electron chi connectivity index (χ4n) is 3.35. The lowest BCUT2D eigenvalue weighted by Gasteiger charge is -2.22. The molecular formula is C20H20N4O2. The van der Waals surface area contributed by atoms with E-state index in [1.807, 2.05) is 31.3 Å². The predicted molar refractivity (Wildman–Crippen MR) is 97.3 cm³/mol. The van der Waals surface area contributed by atoms with E-state index >= 15 is 0 Å². The third kappa shape index (κ3) is 2.92. The van der Waals surface area contributed by atoms with Crippen LogP contribution in [0, 0.1) is 0 Å². The Balaban J connectivity index is 1.25. The molecular weight excluding hydrogens is 328 g/mol. The lowest BCUT2D eigenvalue weighted by Crippen LogP contribution is -2.32. The lowest BCUT2D eigenvalue weighted by molar-refractivity contribution is 0.239. The van der Waals surface area contributed by atoms with E-state index in [0.29, 0.717) is 11.8 Å². The molecule has 0 bridgehead atoms. The van der Waals surface area contributed by atoms with Crippen LogP contribution >= 0.6 is 0 Å². The molecule has 1 aromatic carbocycles. The minimum atomic E-state index is 0.149. The van der Waals surface area contributed by atoms with Gasteiger partial charge in [-0.1, -0.05) is 23.4 Å². The topological polar surface area (TPSA) is 64.3 Å². The van der Waals surface area contributed by atoms with Crippen molar-refractivity contribution in [2.75, 3.05) is 18.5 Å². The Morgan fingerprint density at radius 3 is 2.81 bits per heavy atom. The lowest BCUT2D eigenvalue weighted by atomic mass is 10.1. The zero-order valence-electron chi connectivity index (χ0n) is 14.6. The standard InChI is InChI=1S/C20H20N4O2/c1-24(12-16-10-14-4-2-3-5-17(14)25-16)18-9-8-15(11-21-18)20-22-19(23-26-20)13-6-7-13/h2-5,8-9,11,13,16H,6-7,10,12H2,1H3. The summed E-state index contributed by atoms with van der Waals surface area (Å²) in [5, 5.41) is 4.06. The van der Waals surface area contributed by atoms with Gasteiger partial charge in [0.15, 0.2) is 5.82 Å². The molecule has 1 saturated carbocycles. The quantitative estimate of drug-likeness (QED) is 0.704. The fraction of sp³-hybridized carbons (Fsp3) is 0.350. The van der Waals surface area contributed by atoms with Gasteiger partial charge in [0, 0.05) is 25.6 Å². The van der Waals surface area contributed by atoms with E-state index in [1.54, 1.807) is 6.20 Å². The molecule has 6 nitrogen and oxygen atoms in total. The molecule has 1 aliphatic heterocycles. The molecule has 26 heavy (non-hydrogen) atoms. The maximum Gasteiger partial charge on any atom is 0.259 e. The third-order valence-electron chi connectivity index (χ3n) is 4.96. The van der Waals surface area contributed by atoms with E-state index in [1.165, 1.54) is 5.56 Å². The number of rotatable bonds is 5. The zero-order chi connectivity index (χ0) is 17.5. The molecule has 1 unspecified atom stereocenters. The summed E-state index contributed by atoms with van der Waals surface area (Å²) in [6.45, 7) is 0.785. The monoisotopic (exact) mass is 348 g/mol. The van der Waals surface area contributed by atoms with Gasteiger partial charge in [0.1, 0.15) is 17.7 Å². The summed E-state index contributed by atoms with van der Waals surface area (Å²) in [4.78, 5) is 11.1. The van der Waals surface area contributed by atoms with E-state index < -0.39 is 0 Å². The van der Waals surface area contributed by atoms with Crippen LogP contribution in [-0.2, 0) is 6.42 Å². The van der Waals surface area contributed by atoms with Gasteiger partial charge in [-0.05, 0) is 36.6 Å². The number of ether oxygens (including phenoxy) is 1. The molecule has 0 saturated heterocycles. The molecule has 1 fully saturated rings. The van der Waals surface area contributed by atoms with Crippen molar-refractivity contribution >= 4 is 5.82 Å². The summed E-state index contributed by atoms with van der Waals surface area (Å²) in [5.41, 5.74) is 2.13. The molecule has 6 heteroatoms. The zero-order valence-corrected chi connectivity index (χ0v) is 14.6. The maximum absolute atomic E-state index is 6.02. The Morgan fingerprint density at radius 2 is 2.04 bits per heavy atom. The number of pyridine rings is 1. The number of anilines is 1. The Labute approximate surface area is 151 Å². The molecule has 3 heterocycles. The van der Waals surface area contributed by atoms with E-state index in [2.05, 4.69) is 32.2 Å². The molecule has 1 atom stereocenters. The second-order valence-electron chi connectivity index (χ2n) is 7.07. The molecule has 3 aromatic rings. The smallest absolute Gasteiger partial charge is 0.259 e. The first-order chi connectivity index (χ1) is 12.8. The number of fused-ring (bicyclic) bond motifs is 1. The highest BCUT2D eigenvalue weighted by atomic mass is 16.5. The van der Waals surface area contributed by atoms with Gasteiger partial charge >= 0.3 is 0 Å². The van der Waals surface area contributed by atoms with E-state index in [0.717, 1.165) is 48.8 Å². The molecule has 1 aliphatic carbocycles. The van der Waals surface area contributed by atoms with Gasteiger partial charge in [-0.2, -0.15) is 4.98 Å². The van der Waals surface area contributed by atoms with Crippen molar-refractivity contribution in [3.05, 3.63) is 54.0 Å². The van der Waals surface area contributed by atoms with E-state index in [9.17, 15) is 0 Å². The highest BCUT2D eigenvalue weighted by molar-refractivity contribution is 5.54. The van der Waals surface area contributed by atoms with Crippen molar-refractivity contribution in [3.63, 3.8) is 0 Å². The Bertz CT molecular complexity index is 893. The van der Waals surface area contributed by atoms with Crippen LogP contribution in [0.15, 0.2) is 47.1 Å². The predicted octanol–water partition coefficient (Wildman–Crippen LogP) is 3.45. The van der Waals surface area contributed by atoms with Crippen molar-refractivity contribution < 1.29 is 9.26 Å². The third-order valence-corrected chi connectivity index (χ3v) is 4.96. The molecule has 0 radical (unpaired) electrons. The van der Waals surface area contributed by atoms with Crippen LogP contribution < -0.4 is 9.64 Å². The second kappa shape index (κ2) is 6.12. The van der Waals surface area contributed by atoms with Gasteiger partial charge in [-0.3, -0.25) is 0 Å². The Kier molecular flexibility index (Phi) is 3.62. The first-order valence-corrected chi connectivity index (χ1v) is 9.02. The molecule has 0 N–H and O–H groups in total. The minimum Gasteiger partial charge on any atom is -0.488 e. The van der Waals surface area contributed by atoms with Crippen molar-refractivity contribution in [3.8, 4) is 17.2 Å². The number of likely N-dealkylation sites (N-methyl/N-ethyl adjacent to an activating group) is 1. The van der Waals surface area contributed by atoms with Gasteiger partial charge < -0.3 is 14.2 Å². The van der Waals surface area contributed by atoms with Crippen LogP contribution in [0.1, 0.15) is 30.1 Å². The van der Waals surface area contributed by atoms with Gasteiger partial charge in [0.25, 0.3) is 5.89 Å². The molecule has 0 spiro atoms. The van der Waals surface area contributed by atoms with Gasteiger partial charge in [0.05, 0.1) is 12.1 Å². The molecule has 132 valence electrons. The van der Waals surface area contributed by atoms with Crippen LogP contribution in [0.4, 0.5) is 5.82 Å². The summed E-state index contributed by atoms with van der Waals surface area (Å²) < 4.78 is 11.4. The van der Waals surface area contributed by atoms with Crippen LogP contribution in [0.2, 0.25) is 0 Å². The summed E-state index contributed by atoms with van der Waals surface area (Å²) in [7, 11) is 2.03. The Hall–Kier alpha value is -2.89. The number of nitrogens with zero attached hydrogens (tertiary/aromatic N) is 4. The summed E-state index contributed by atoms with van der Waals surface area (Å²) in [5.74, 6) is 3.75.